The maximum absolute atomic E-state index is 5.81. The minimum absolute atomic E-state index is 0.151. The standard InChI is InChI=1S/C18H20N4/c1-18(2,3)14-9-7-13(8-10-14)17-12-22(21-20-17)16-6-4-5-15(19)11-16/h4-12H,19H2,1-3H3. The van der Waals surface area contributed by atoms with Gasteiger partial charge in [-0.25, -0.2) is 4.68 Å². The van der Waals surface area contributed by atoms with E-state index in [1.165, 1.54) is 5.56 Å². The molecule has 0 amide bonds. The lowest BCUT2D eigenvalue weighted by atomic mass is 9.86. The Bertz CT molecular complexity index is 779. The number of hydrogen-bond donors (Lipinski definition) is 1. The molecule has 0 aliphatic heterocycles. The monoisotopic (exact) mass is 292 g/mol. The highest BCUT2D eigenvalue weighted by atomic mass is 15.4. The highest BCUT2D eigenvalue weighted by Crippen LogP contribution is 2.25. The molecule has 1 heterocycles. The van der Waals surface area contributed by atoms with Crippen molar-refractivity contribution in [3.05, 3.63) is 60.3 Å². The summed E-state index contributed by atoms with van der Waals surface area (Å²) in [5.74, 6) is 0. The first-order valence-corrected chi connectivity index (χ1v) is 7.33. The summed E-state index contributed by atoms with van der Waals surface area (Å²) < 4.78 is 1.74. The molecule has 0 unspecified atom stereocenters. The zero-order chi connectivity index (χ0) is 15.7. The Balaban J connectivity index is 1.91. The molecular formula is C18H20N4. The molecule has 2 aromatic carbocycles. The zero-order valence-corrected chi connectivity index (χ0v) is 13.1. The Morgan fingerprint density at radius 3 is 2.36 bits per heavy atom. The average molecular weight is 292 g/mol. The summed E-state index contributed by atoms with van der Waals surface area (Å²) in [6.07, 6.45) is 1.92. The van der Waals surface area contributed by atoms with Gasteiger partial charge in [0.05, 0.1) is 11.9 Å². The molecule has 0 spiro atoms. The summed E-state index contributed by atoms with van der Waals surface area (Å²) in [4.78, 5) is 0. The summed E-state index contributed by atoms with van der Waals surface area (Å²) >= 11 is 0. The number of rotatable bonds is 2. The van der Waals surface area contributed by atoms with Crippen molar-refractivity contribution < 1.29 is 0 Å². The van der Waals surface area contributed by atoms with Crippen molar-refractivity contribution in [2.24, 2.45) is 0 Å². The summed E-state index contributed by atoms with van der Waals surface area (Å²) in [6, 6.07) is 16.1. The minimum atomic E-state index is 0.151. The molecule has 22 heavy (non-hydrogen) atoms. The van der Waals surface area contributed by atoms with Gasteiger partial charge in [-0.15, -0.1) is 5.10 Å². The first kappa shape index (κ1) is 14.3. The van der Waals surface area contributed by atoms with Gasteiger partial charge in [0.15, 0.2) is 0 Å². The van der Waals surface area contributed by atoms with Gasteiger partial charge in [-0.3, -0.25) is 0 Å². The molecule has 3 aromatic rings. The second kappa shape index (κ2) is 5.30. The lowest BCUT2D eigenvalue weighted by molar-refractivity contribution is 0.590. The van der Waals surface area contributed by atoms with E-state index in [1.807, 2.05) is 30.5 Å². The quantitative estimate of drug-likeness (QED) is 0.731. The van der Waals surface area contributed by atoms with Crippen molar-refractivity contribution in [3.8, 4) is 16.9 Å². The molecule has 0 aliphatic rings. The molecule has 4 nitrogen and oxygen atoms in total. The fraction of sp³-hybridized carbons (Fsp3) is 0.222. The first-order chi connectivity index (χ1) is 10.4. The van der Waals surface area contributed by atoms with E-state index >= 15 is 0 Å². The molecule has 112 valence electrons. The maximum Gasteiger partial charge on any atom is 0.113 e. The Hall–Kier alpha value is -2.62. The average Bonchev–Trinajstić information content (AvgIpc) is 2.96. The number of hydrogen-bond acceptors (Lipinski definition) is 3. The van der Waals surface area contributed by atoms with Crippen LogP contribution in [0.3, 0.4) is 0 Å². The summed E-state index contributed by atoms with van der Waals surface area (Å²) in [5.41, 5.74) is 10.8. The van der Waals surface area contributed by atoms with E-state index < -0.39 is 0 Å². The molecular weight excluding hydrogens is 272 g/mol. The number of benzene rings is 2. The van der Waals surface area contributed by atoms with Crippen LogP contribution < -0.4 is 5.73 Å². The molecule has 0 saturated carbocycles. The van der Waals surface area contributed by atoms with Gasteiger partial charge in [0.2, 0.25) is 0 Å². The summed E-state index contributed by atoms with van der Waals surface area (Å²) in [5, 5.41) is 8.44. The number of nitrogens with zero attached hydrogens (tertiary/aromatic N) is 3. The van der Waals surface area contributed by atoms with E-state index in [0.29, 0.717) is 5.69 Å². The van der Waals surface area contributed by atoms with Crippen LogP contribution in [0.15, 0.2) is 54.7 Å². The van der Waals surface area contributed by atoms with Crippen LogP contribution in [-0.2, 0) is 5.41 Å². The maximum atomic E-state index is 5.81. The third kappa shape index (κ3) is 2.86. The fourth-order valence-electron chi connectivity index (χ4n) is 2.33. The van der Waals surface area contributed by atoms with Crippen LogP contribution in [0.2, 0.25) is 0 Å². The smallest absolute Gasteiger partial charge is 0.113 e. The Labute approximate surface area is 130 Å². The molecule has 0 radical (unpaired) electrons. The number of aromatic nitrogens is 3. The highest BCUT2D eigenvalue weighted by molar-refractivity contribution is 5.59. The molecule has 0 fully saturated rings. The third-order valence-electron chi connectivity index (χ3n) is 3.67. The third-order valence-corrected chi connectivity index (χ3v) is 3.67. The number of anilines is 1. The van der Waals surface area contributed by atoms with Gasteiger partial charge < -0.3 is 5.73 Å². The van der Waals surface area contributed by atoms with Gasteiger partial charge in [0, 0.05) is 11.3 Å². The number of nitrogens with two attached hydrogens (primary N) is 1. The minimum Gasteiger partial charge on any atom is -0.399 e. The van der Waals surface area contributed by atoms with Crippen molar-refractivity contribution in [2.45, 2.75) is 26.2 Å². The second-order valence-corrected chi connectivity index (χ2v) is 6.47. The largest absolute Gasteiger partial charge is 0.399 e. The van der Waals surface area contributed by atoms with Crippen molar-refractivity contribution >= 4 is 5.69 Å². The molecule has 0 aliphatic carbocycles. The van der Waals surface area contributed by atoms with Gasteiger partial charge in [-0.1, -0.05) is 56.3 Å². The van der Waals surface area contributed by atoms with E-state index in [9.17, 15) is 0 Å². The molecule has 4 heteroatoms. The van der Waals surface area contributed by atoms with Crippen LogP contribution in [0.1, 0.15) is 26.3 Å². The Morgan fingerprint density at radius 2 is 1.73 bits per heavy atom. The molecule has 0 bridgehead atoms. The SMILES string of the molecule is CC(C)(C)c1ccc(-c2cn(-c3cccc(N)c3)nn2)cc1. The summed E-state index contributed by atoms with van der Waals surface area (Å²) in [7, 11) is 0. The van der Waals surface area contributed by atoms with Gasteiger partial charge in [-0.05, 0) is 29.2 Å². The molecule has 0 atom stereocenters. The predicted molar refractivity (Wildman–Crippen MR) is 89.9 cm³/mol. The Morgan fingerprint density at radius 1 is 1.00 bits per heavy atom. The second-order valence-electron chi connectivity index (χ2n) is 6.47. The van der Waals surface area contributed by atoms with E-state index in [4.69, 9.17) is 5.73 Å². The van der Waals surface area contributed by atoms with Crippen molar-refractivity contribution in [1.82, 2.24) is 15.0 Å². The first-order valence-electron chi connectivity index (χ1n) is 7.33. The fourth-order valence-corrected chi connectivity index (χ4v) is 2.33. The highest BCUT2D eigenvalue weighted by Gasteiger charge is 2.13. The normalized spacial score (nSPS) is 11.6. The lowest BCUT2D eigenvalue weighted by Gasteiger charge is -2.18. The predicted octanol–water partition coefficient (Wildman–Crippen LogP) is 3.81. The van der Waals surface area contributed by atoms with Crippen LogP contribution in [0.25, 0.3) is 16.9 Å². The van der Waals surface area contributed by atoms with Gasteiger partial charge in [-0.2, -0.15) is 0 Å². The van der Waals surface area contributed by atoms with E-state index in [-0.39, 0.29) is 5.41 Å². The number of nitrogen functional groups attached to an aromatic ring is 1. The van der Waals surface area contributed by atoms with Crippen molar-refractivity contribution in [2.75, 3.05) is 5.73 Å². The Kier molecular flexibility index (Phi) is 3.45. The van der Waals surface area contributed by atoms with Crippen LogP contribution in [-0.4, -0.2) is 15.0 Å². The van der Waals surface area contributed by atoms with Crippen LogP contribution >= 0.6 is 0 Å². The van der Waals surface area contributed by atoms with Crippen LogP contribution in [0.5, 0.6) is 0 Å². The molecule has 2 N–H and O–H groups in total. The molecule has 3 rings (SSSR count). The van der Waals surface area contributed by atoms with Gasteiger partial charge >= 0.3 is 0 Å². The van der Waals surface area contributed by atoms with Crippen LogP contribution in [0, 0.1) is 0 Å². The van der Waals surface area contributed by atoms with E-state index in [0.717, 1.165) is 16.9 Å². The van der Waals surface area contributed by atoms with Gasteiger partial charge in [0.25, 0.3) is 0 Å². The van der Waals surface area contributed by atoms with Crippen LogP contribution in [0.4, 0.5) is 5.69 Å². The van der Waals surface area contributed by atoms with E-state index in [2.05, 4.69) is 55.3 Å². The molecule has 0 saturated heterocycles. The zero-order valence-electron chi connectivity index (χ0n) is 13.1. The van der Waals surface area contributed by atoms with Crippen molar-refractivity contribution in [3.63, 3.8) is 0 Å². The van der Waals surface area contributed by atoms with Crippen molar-refractivity contribution in [1.29, 1.82) is 0 Å². The van der Waals surface area contributed by atoms with Gasteiger partial charge in [0.1, 0.15) is 5.69 Å². The molecule has 1 aromatic heterocycles. The van der Waals surface area contributed by atoms with E-state index in [1.54, 1.807) is 4.68 Å². The topological polar surface area (TPSA) is 56.7 Å². The summed E-state index contributed by atoms with van der Waals surface area (Å²) in [6.45, 7) is 6.62. The lowest BCUT2D eigenvalue weighted by Crippen LogP contribution is -2.10.